The number of benzene rings is 1. The number of nitrogens with two attached hydrogens (primary N) is 1. The van der Waals surface area contributed by atoms with Crippen LogP contribution in [0, 0.1) is 0 Å². The molecule has 4 N–H and O–H groups in total. The van der Waals surface area contributed by atoms with Crippen LogP contribution in [0.3, 0.4) is 0 Å². The van der Waals surface area contributed by atoms with Crippen molar-refractivity contribution in [1.29, 1.82) is 0 Å². The van der Waals surface area contributed by atoms with Crippen molar-refractivity contribution >= 4 is 23.5 Å². The minimum absolute atomic E-state index is 0.0289. The van der Waals surface area contributed by atoms with E-state index < -0.39 is 29.8 Å². The fraction of sp³-hybridized carbons (Fsp3) is 0.235. The Labute approximate surface area is 162 Å². The average Bonchev–Trinajstić information content (AvgIpc) is 2.63. The predicted molar refractivity (Wildman–Crippen MR) is 93.0 cm³/mol. The maximum Gasteiger partial charge on any atom is 0.416 e. The number of pyridine rings is 1. The number of halogens is 4. The van der Waals surface area contributed by atoms with E-state index in [1.807, 2.05) is 0 Å². The number of nitrogens with zero attached hydrogens (tertiary/aromatic N) is 1. The molecule has 0 saturated heterocycles. The molecule has 7 nitrogen and oxygen atoms in total. The molecule has 1 atom stereocenters. The summed E-state index contributed by atoms with van der Waals surface area (Å²) in [5.74, 6) is -3.68. The van der Waals surface area contributed by atoms with Gasteiger partial charge in [-0.25, -0.2) is 9.59 Å². The first kappa shape index (κ1) is 23.2. The number of carboxylic acid groups (broad SMARTS) is 2. The zero-order valence-electron chi connectivity index (χ0n) is 14.2. The van der Waals surface area contributed by atoms with Gasteiger partial charge >= 0.3 is 18.1 Å². The number of hydrogen-bond acceptors (Lipinski definition) is 5. The highest BCUT2D eigenvalue weighted by atomic mass is 35.5. The molecule has 1 aromatic carbocycles. The third-order valence-electron chi connectivity index (χ3n) is 3.20. The Morgan fingerprint density at radius 2 is 1.86 bits per heavy atom. The highest BCUT2D eigenvalue weighted by Crippen LogP contribution is 2.37. The summed E-state index contributed by atoms with van der Waals surface area (Å²) < 4.78 is 44.0. The second-order valence-electron chi connectivity index (χ2n) is 5.22. The van der Waals surface area contributed by atoms with Gasteiger partial charge < -0.3 is 20.7 Å². The molecule has 0 amide bonds. The number of aliphatic carboxylic acids is 2. The zero-order chi connectivity index (χ0) is 21.3. The Balaban J connectivity index is 0.000000568. The van der Waals surface area contributed by atoms with Crippen molar-refractivity contribution in [2.75, 3.05) is 6.54 Å². The number of hydrogen-bond donors (Lipinski definition) is 3. The first-order chi connectivity index (χ1) is 13.1. The molecule has 0 spiro atoms. The van der Waals surface area contributed by atoms with Crippen molar-refractivity contribution < 1.29 is 37.7 Å². The molecular weight excluding hydrogens is 405 g/mol. The van der Waals surface area contributed by atoms with Gasteiger partial charge in [0.1, 0.15) is 11.9 Å². The minimum Gasteiger partial charge on any atom is -0.484 e. The molecule has 152 valence electrons. The molecule has 0 fully saturated rings. The fourth-order valence-electron chi connectivity index (χ4n) is 1.93. The molecule has 0 bridgehead atoms. The van der Waals surface area contributed by atoms with Crippen molar-refractivity contribution in [3.63, 3.8) is 0 Å². The lowest BCUT2D eigenvalue weighted by atomic mass is 10.1. The van der Waals surface area contributed by atoms with Gasteiger partial charge in [-0.15, -0.1) is 0 Å². The Kier molecular flexibility index (Phi) is 8.68. The topological polar surface area (TPSA) is 123 Å². The van der Waals surface area contributed by atoms with Crippen LogP contribution in [0.15, 0.2) is 42.7 Å². The van der Waals surface area contributed by atoms with Crippen LogP contribution in [0.5, 0.6) is 5.75 Å². The van der Waals surface area contributed by atoms with Gasteiger partial charge in [0.05, 0.1) is 10.6 Å². The minimum atomic E-state index is -4.46. The Hall–Kier alpha value is -2.85. The van der Waals surface area contributed by atoms with Crippen molar-refractivity contribution in [3.05, 3.63) is 58.9 Å². The molecular formula is C17H16ClF3N2O5. The number of carbonyl (C=O) groups is 2. The normalized spacial score (nSPS) is 11.8. The number of rotatable bonds is 5. The monoisotopic (exact) mass is 420 g/mol. The lowest BCUT2D eigenvalue weighted by molar-refractivity contribution is -0.159. The van der Waals surface area contributed by atoms with Crippen LogP contribution in [-0.2, 0) is 15.8 Å². The maximum atomic E-state index is 12.8. The van der Waals surface area contributed by atoms with Gasteiger partial charge in [0.2, 0.25) is 0 Å². The predicted octanol–water partition coefficient (Wildman–Crippen LogP) is 3.38. The highest BCUT2D eigenvalue weighted by Gasteiger charge is 2.31. The molecule has 28 heavy (non-hydrogen) atoms. The molecule has 2 aromatic rings. The average molecular weight is 421 g/mol. The Morgan fingerprint density at radius 1 is 1.21 bits per heavy atom. The number of alkyl halides is 3. The second-order valence-corrected chi connectivity index (χ2v) is 5.63. The van der Waals surface area contributed by atoms with Crippen molar-refractivity contribution in [2.45, 2.75) is 18.7 Å². The summed E-state index contributed by atoms with van der Waals surface area (Å²) in [6.45, 7) is 0.316. The van der Waals surface area contributed by atoms with Crippen LogP contribution in [0.25, 0.3) is 0 Å². The first-order valence-electron chi connectivity index (χ1n) is 7.65. The molecule has 0 aliphatic rings. The van der Waals surface area contributed by atoms with E-state index in [4.69, 9.17) is 41.9 Å². The molecule has 0 aliphatic carbocycles. The highest BCUT2D eigenvalue weighted by molar-refractivity contribution is 6.32. The van der Waals surface area contributed by atoms with E-state index in [2.05, 4.69) is 4.98 Å². The Morgan fingerprint density at radius 3 is 2.32 bits per heavy atom. The van der Waals surface area contributed by atoms with E-state index in [1.165, 1.54) is 6.07 Å². The van der Waals surface area contributed by atoms with Gasteiger partial charge in [0, 0.05) is 24.4 Å². The lowest BCUT2D eigenvalue weighted by Gasteiger charge is -2.20. The third-order valence-corrected chi connectivity index (χ3v) is 3.51. The SMILES string of the molecule is NCCC(Oc1cc(C(F)(F)F)ccc1Cl)c1cccnc1.O=C(O)C(=O)O. The lowest BCUT2D eigenvalue weighted by Crippen LogP contribution is -2.14. The van der Waals surface area contributed by atoms with Crippen molar-refractivity contribution in [2.24, 2.45) is 5.73 Å². The van der Waals surface area contributed by atoms with Crippen LogP contribution < -0.4 is 10.5 Å². The summed E-state index contributed by atoms with van der Waals surface area (Å²) in [5.41, 5.74) is 5.45. The summed E-state index contributed by atoms with van der Waals surface area (Å²) in [4.78, 5) is 22.2. The van der Waals surface area contributed by atoms with E-state index in [9.17, 15) is 13.2 Å². The van der Waals surface area contributed by atoms with E-state index in [0.29, 0.717) is 13.0 Å². The van der Waals surface area contributed by atoms with E-state index in [1.54, 1.807) is 24.5 Å². The summed E-state index contributed by atoms with van der Waals surface area (Å²) in [5, 5.41) is 14.9. The van der Waals surface area contributed by atoms with Crippen molar-refractivity contribution in [3.8, 4) is 5.75 Å². The van der Waals surface area contributed by atoms with Crippen LogP contribution in [-0.4, -0.2) is 33.7 Å². The number of aromatic nitrogens is 1. The van der Waals surface area contributed by atoms with Crippen LogP contribution in [0.1, 0.15) is 23.7 Å². The van der Waals surface area contributed by atoms with E-state index in [-0.39, 0.29) is 10.8 Å². The molecule has 11 heteroatoms. The van der Waals surface area contributed by atoms with Crippen LogP contribution in [0.2, 0.25) is 5.02 Å². The standard InChI is InChI=1S/C15H14ClF3N2O.C2H2O4/c16-12-4-3-11(15(17,18)19)8-14(12)22-13(5-6-20)10-2-1-7-21-9-10;3-1(4)2(5)6/h1-4,7-9,13H,5-6,20H2;(H,3,4)(H,5,6). The molecule has 1 unspecified atom stereocenters. The molecule has 1 aromatic heterocycles. The Bertz CT molecular complexity index is 791. The number of carboxylic acids is 2. The summed E-state index contributed by atoms with van der Waals surface area (Å²) in [7, 11) is 0. The largest absolute Gasteiger partial charge is 0.484 e. The van der Waals surface area contributed by atoms with Gasteiger partial charge in [0.15, 0.2) is 0 Å². The maximum absolute atomic E-state index is 12.8. The van der Waals surface area contributed by atoms with Gasteiger partial charge in [-0.3, -0.25) is 4.98 Å². The molecule has 2 rings (SSSR count). The van der Waals surface area contributed by atoms with E-state index in [0.717, 1.165) is 17.7 Å². The summed E-state index contributed by atoms with van der Waals surface area (Å²) >= 11 is 5.94. The van der Waals surface area contributed by atoms with Crippen LogP contribution >= 0.6 is 11.6 Å². The second kappa shape index (κ2) is 10.5. The fourth-order valence-corrected chi connectivity index (χ4v) is 2.10. The number of ether oxygens (including phenoxy) is 1. The molecule has 1 heterocycles. The van der Waals surface area contributed by atoms with Crippen molar-refractivity contribution in [1.82, 2.24) is 4.98 Å². The smallest absolute Gasteiger partial charge is 0.416 e. The molecule has 0 saturated carbocycles. The third kappa shape index (κ3) is 7.41. The van der Waals surface area contributed by atoms with Gasteiger partial charge in [-0.05, 0) is 30.8 Å². The first-order valence-corrected chi connectivity index (χ1v) is 8.03. The summed E-state index contributed by atoms with van der Waals surface area (Å²) in [6, 6.07) is 6.46. The molecule has 0 radical (unpaired) electrons. The van der Waals surface area contributed by atoms with Gasteiger partial charge in [-0.1, -0.05) is 17.7 Å². The van der Waals surface area contributed by atoms with E-state index >= 15 is 0 Å². The zero-order valence-corrected chi connectivity index (χ0v) is 14.9. The molecule has 0 aliphatic heterocycles. The van der Waals surface area contributed by atoms with Gasteiger partial charge in [0.25, 0.3) is 0 Å². The van der Waals surface area contributed by atoms with Crippen LogP contribution in [0.4, 0.5) is 13.2 Å². The summed E-state index contributed by atoms with van der Waals surface area (Å²) in [6.07, 6.45) is -1.36. The van der Waals surface area contributed by atoms with Gasteiger partial charge in [-0.2, -0.15) is 13.2 Å². The quantitative estimate of drug-likeness (QED) is 0.633.